The van der Waals surface area contributed by atoms with Crippen molar-refractivity contribution in [1.82, 2.24) is 29.9 Å². The third-order valence-electron chi connectivity index (χ3n) is 4.49. The molecule has 1 N–H and O–H groups in total. The van der Waals surface area contributed by atoms with Crippen LogP contribution in [-0.2, 0) is 13.0 Å². The van der Waals surface area contributed by atoms with Gasteiger partial charge < -0.3 is 9.47 Å². The summed E-state index contributed by atoms with van der Waals surface area (Å²) < 4.78 is 2.11. The molecule has 132 valence electrons. The highest BCUT2D eigenvalue weighted by molar-refractivity contribution is 5.92. The van der Waals surface area contributed by atoms with Gasteiger partial charge in [0, 0.05) is 19.0 Å². The number of aromatic nitrogens is 5. The van der Waals surface area contributed by atoms with Gasteiger partial charge in [-0.2, -0.15) is 5.10 Å². The summed E-state index contributed by atoms with van der Waals surface area (Å²) >= 11 is 0. The lowest BCUT2D eigenvalue weighted by atomic mass is 10.1. The fraction of sp³-hybridized carbons (Fsp3) is 0.278. The zero-order chi connectivity index (χ0) is 18.1. The summed E-state index contributed by atoms with van der Waals surface area (Å²) in [5, 5.41) is 14.7. The van der Waals surface area contributed by atoms with Crippen molar-refractivity contribution in [2.24, 2.45) is 0 Å². The number of rotatable bonds is 3. The molecule has 0 aliphatic carbocycles. The maximum atomic E-state index is 12.6. The fourth-order valence-electron chi connectivity index (χ4n) is 3.29. The van der Waals surface area contributed by atoms with Crippen LogP contribution in [0.25, 0.3) is 0 Å². The smallest absolute Gasteiger partial charge is 0.274 e. The van der Waals surface area contributed by atoms with E-state index in [0.29, 0.717) is 19.5 Å². The lowest BCUT2D eigenvalue weighted by Crippen LogP contribution is -2.41. The van der Waals surface area contributed by atoms with Gasteiger partial charge in [-0.1, -0.05) is 30.3 Å². The van der Waals surface area contributed by atoms with E-state index in [1.807, 2.05) is 25.1 Å². The fourth-order valence-corrected chi connectivity index (χ4v) is 3.29. The third kappa shape index (κ3) is 3.01. The molecule has 0 radical (unpaired) electrons. The summed E-state index contributed by atoms with van der Waals surface area (Å²) in [5.41, 5.74) is 1.05. The van der Waals surface area contributed by atoms with Gasteiger partial charge >= 0.3 is 0 Å². The van der Waals surface area contributed by atoms with Gasteiger partial charge in [0.15, 0.2) is 5.82 Å². The van der Waals surface area contributed by atoms with Crippen LogP contribution < -0.4 is 5.56 Å². The van der Waals surface area contributed by atoms with Crippen molar-refractivity contribution in [2.75, 3.05) is 6.54 Å². The Hall–Kier alpha value is -3.29. The van der Waals surface area contributed by atoms with E-state index in [-0.39, 0.29) is 23.2 Å². The van der Waals surface area contributed by atoms with Gasteiger partial charge in [-0.25, -0.2) is 5.10 Å². The Labute approximate surface area is 149 Å². The highest BCUT2D eigenvalue weighted by Crippen LogP contribution is 2.23. The van der Waals surface area contributed by atoms with Crippen molar-refractivity contribution >= 4 is 5.91 Å². The summed E-state index contributed by atoms with van der Waals surface area (Å²) in [7, 11) is 0. The molecule has 0 bridgehead atoms. The van der Waals surface area contributed by atoms with Crippen LogP contribution in [0, 0.1) is 0 Å². The lowest BCUT2D eigenvalue weighted by Gasteiger charge is -2.32. The molecule has 1 aliphatic heterocycles. The van der Waals surface area contributed by atoms with E-state index >= 15 is 0 Å². The highest BCUT2D eigenvalue weighted by atomic mass is 16.2. The molecule has 4 rings (SSSR count). The van der Waals surface area contributed by atoms with Crippen LogP contribution in [0.3, 0.4) is 0 Å². The van der Waals surface area contributed by atoms with Crippen molar-refractivity contribution in [3.05, 3.63) is 75.7 Å². The Kier molecular flexibility index (Phi) is 4.08. The number of nitrogens with zero attached hydrogens (tertiary/aromatic N) is 5. The standard InChI is InChI=1S/C18H18N6O2/c1-12-10-23(18(26)14-7-8-17(25)22-19-14)11-16-21-20-15(24(12)16)9-13-5-3-2-4-6-13/h2-8,12H,9-11H2,1H3,(H,22,25)/t12-/m0/s1. The number of amides is 1. The van der Waals surface area contributed by atoms with E-state index in [2.05, 4.69) is 37.1 Å². The molecule has 8 nitrogen and oxygen atoms in total. The molecule has 0 fully saturated rings. The minimum Gasteiger partial charge on any atom is -0.328 e. The first-order chi connectivity index (χ1) is 12.6. The van der Waals surface area contributed by atoms with Gasteiger partial charge in [-0.15, -0.1) is 10.2 Å². The van der Waals surface area contributed by atoms with Gasteiger partial charge in [-0.05, 0) is 18.6 Å². The van der Waals surface area contributed by atoms with Crippen molar-refractivity contribution in [3.63, 3.8) is 0 Å². The Morgan fingerprint density at radius 3 is 2.73 bits per heavy atom. The molecule has 1 aliphatic rings. The number of H-pyrrole nitrogens is 1. The first-order valence-electron chi connectivity index (χ1n) is 8.43. The topological polar surface area (TPSA) is 96.8 Å². The van der Waals surface area contributed by atoms with Crippen molar-refractivity contribution in [1.29, 1.82) is 0 Å². The van der Waals surface area contributed by atoms with E-state index in [0.717, 1.165) is 11.6 Å². The highest BCUT2D eigenvalue weighted by Gasteiger charge is 2.30. The quantitative estimate of drug-likeness (QED) is 0.765. The van der Waals surface area contributed by atoms with Crippen LogP contribution >= 0.6 is 0 Å². The van der Waals surface area contributed by atoms with Crippen LogP contribution in [0.5, 0.6) is 0 Å². The van der Waals surface area contributed by atoms with Crippen LogP contribution in [0.15, 0.2) is 47.3 Å². The molecule has 1 amide bonds. The summed E-state index contributed by atoms with van der Waals surface area (Å²) in [6.45, 7) is 2.94. The molecule has 2 aromatic heterocycles. The molecule has 3 aromatic rings. The lowest BCUT2D eigenvalue weighted by molar-refractivity contribution is 0.0672. The Morgan fingerprint density at radius 1 is 1.19 bits per heavy atom. The number of fused-ring (bicyclic) bond motifs is 1. The van der Waals surface area contributed by atoms with Crippen LogP contribution in [-0.4, -0.2) is 42.3 Å². The number of nitrogens with one attached hydrogen (secondary N) is 1. The van der Waals surface area contributed by atoms with Crippen LogP contribution in [0.2, 0.25) is 0 Å². The molecular weight excluding hydrogens is 332 g/mol. The minimum atomic E-state index is -0.334. The van der Waals surface area contributed by atoms with Gasteiger partial charge in [0.25, 0.3) is 11.5 Å². The van der Waals surface area contributed by atoms with Crippen LogP contribution in [0.1, 0.15) is 40.7 Å². The SMILES string of the molecule is C[C@H]1CN(C(=O)c2ccc(=O)[nH]n2)Cc2nnc(Cc3ccccc3)n21. The molecular formula is C18H18N6O2. The Bertz CT molecular complexity index is 974. The number of hydrogen-bond acceptors (Lipinski definition) is 5. The molecule has 0 saturated heterocycles. The predicted octanol–water partition coefficient (Wildman–Crippen LogP) is 1.17. The molecule has 0 spiro atoms. The average Bonchev–Trinajstić information content (AvgIpc) is 3.06. The summed E-state index contributed by atoms with van der Waals surface area (Å²) in [6, 6.07) is 12.9. The maximum Gasteiger partial charge on any atom is 0.274 e. The van der Waals surface area contributed by atoms with Crippen molar-refractivity contribution in [3.8, 4) is 0 Å². The second-order valence-electron chi connectivity index (χ2n) is 6.41. The molecule has 1 atom stereocenters. The molecule has 26 heavy (non-hydrogen) atoms. The molecule has 0 unspecified atom stereocenters. The number of hydrogen-bond donors (Lipinski definition) is 1. The molecule has 8 heteroatoms. The monoisotopic (exact) mass is 350 g/mol. The largest absolute Gasteiger partial charge is 0.328 e. The summed E-state index contributed by atoms with van der Waals surface area (Å²) in [5.74, 6) is 1.42. The zero-order valence-electron chi connectivity index (χ0n) is 14.3. The van der Waals surface area contributed by atoms with Crippen LogP contribution in [0.4, 0.5) is 0 Å². The number of carbonyl (C=O) groups is 1. The summed E-state index contributed by atoms with van der Waals surface area (Å²) in [6.07, 6.45) is 0.702. The number of carbonyl (C=O) groups excluding carboxylic acids is 1. The van der Waals surface area contributed by atoms with E-state index in [9.17, 15) is 9.59 Å². The maximum absolute atomic E-state index is 12.6. The van der Waals surface area contributed by atoms with Gasteiger partial charge in [0.05, 0.1) is 12.6 Å². The second kappa shape index (κ2) is 6.55. The van der Waals surface area contributed by atoms with E-state index < -0.39 is 0 Å². The first kappa shape index (κ1) is 16.2. The molecule has 1 aromatic carbocycles. The van der Waals surface area contributed by atoms with E-state index in [1.165, 1.54) is 17.7 Å². The van der Waals surface area contributed by atoms with Gasteiger partial charge in [0.2, 0.25) is 0 Å². The zero-order valence-corrected chi connectivity index (χ0v) is 14.3. The van der Waals surface area contributed by atoms with Gasteiger partial charge in [-0.3, -0.25) is 9.59 Å². The minimum absolute atomic E-state index is 0.0548. The van der Waals surface area contributed by atoms with Crippen molar-refractivity contribution < 1.29 is 4.79 Å². The van der Waals surface area contributed by atoms with Gasteiger partial charge in [0.1, 0.15) is 11.5 Å². The van der Waals surface area contributed by atoms with E-state index in [1.54, 1.807) is 4.90 Å². The van der Waals surface area contributed by atoms with Crippen molar-refractivity contribution in [2.45, 2.75) is 25.9 Å². The molecule has 3 heterocycles. The second-order valence-corrected chi connectivity index (χ2v) is 6.41. The normalized spacial score (nSPS) is 16.3. The summed E-state index contributed by atoms with van der Waals surface area (Å²) in [4.78, 5) is 25.5. The first-order valence-corrected chi connectivity index (χ1v) is 8.43. The Morgan fingerprint density at radius 2 is 2.00 bits per heavy atom. The Balaban J connectivity index is 1.57. The number of benzene rings is 1. The third-order valence-corrected chi connectivity index (χ3v) is 4.49. The number of aromatic amines is 1. The average molecular weight is 350 g/mol. The molecule has 0 saturated carbocycles. The van der Waals surface area contributed by atoms with E-state index in [4.69, 9.17) is 0 Å². The predicted molar refractivity (Wildman–Crippen MR) is 93.6 cm³/mol.